The second kappa shape index (κ2) is 13.0. The number of anilines is 1. The Morgan fingerprint density at radius 1 is 0.867 bits per heavy atom. The van der Waals surface area contributed by atoms with Gasteiger partial charge in [0.25, 0.3) is 0 Å². The van der Waals surface area contributed by atoms with Gasteiger partial charge in [-0.3, -0.25) is 4.57 Å². The van der Waals surface area contributed by atoms with E-state index in [0.717, 1.165) is 43.8 Å². The van der Waals surface area contributed by atoms with E-state index >= 15 is 0 Å². The van der Waals surface area contributed by atoms with E-state index in [2.05, 4.69) is 26.8 Å². The molecule has 1 atom stereocenters. The van der Waals surface area contributed by atoms with Crippen LogP contribution in [0.4, 0.5) is 24.7 Å². The molecule has 0 amide bonds. The number of piperidine rings is 1. The summed E-state index contributed by atoms with van der Waals surface area (Å²) in [6, 6.07) is 21.4. The van der Waals surface area contributed by atoms with Gasteiger partial charge in [-0.25, -0.2) is 0 Å². The third-order valence-corrected chi connectivity index (χ3v) is 7.87. The van der Waals surface area contributed by atoms with E-state index < -0.39 is 11.3 Å². The van der Waals surface area contributed by atoms with Crippen LogP contribution in [0.3, 0.4) is 0 Å². The minimum atomic E-state index is -4.73. The van der Waals surface area contributed by atoms with Gasteiger partial charge in [-0.2, -0.15) is 0 Å². The van der Waals surface area contributed by atoms with E-state index in [4.69, 9.17) is 14.2 Å². The Bertz CT molecular complexity index is 1590. The summed E-state index contributed by atoms with van der Waals surface area (Å²) >= 11 is 0. The summed E-state index contributed by atoms with van der Waals surface area (Å²) in [4.78, 5) is 16.7. The van der Waals surface area contributed by atoms with Gasteiger partial charge in [0.1, 0.15) is 41.9 Å². The van der Waals surface area contributed by atoms with Crippen LogP contribution >= 0.6 is 0 Å². The maximum absolute atomic E-state index is 12.3. The molecule has 13 heteroatoms. The van der Waals surface area contributed by atoms with E-state index in [-0.39, 0.29) is 23.7 Å². The van der Waals surface area contributed by atoms with Crippen LogP contribution in [0.15, 0.2) is 79.0 Å². The Labute approximate surface area is 257 Å². The van der Waals surface area contributed by atoms with E-state index in [0.29, 0.717) is 37.0 Å². The van der Waals surface area contributed by atoms with Crippen molar-refractivity contribution in [3.05, 3.63) is 94.7 Å². The average Bonchev–Trinajstić information content (AvgIpc) is 3.46. The zero-order chi connectivity index (χ0) is 31.4. The van der Waals surface area contributed by atoms with Gasteiger partial charge in [0.05, 0.1) is 0 Å². The molecule has 45 heavy (non-hydrogen) atoms. The van der Waals surface area contributed by atoms with Crippen molar-refractivity contribution in [2.45, 2.75) is 44.7 Å². The molecular weight excluding hydrogens is 593 g/mol. The number of hydrogen-bond acceptors (Lipinski definition) is 8. The average molecular weight is 625 g/mol. The first-order valence-corrected chi connectivity index (χ1v) is 14.7. The van der Waals surface area contributed by atoms with Crippen molar-refractivity contribution in [3.63, 3.8) is 0 Å². The number of halogens is 3. The van der Waals surface area contributed by atoms with Crippen molar-refractivity contribution in [1.82, 2.24) is 9.55 Å². The molecule has 1 unspecified atom stereocenters. The number of imidazole rings is 1. The molecule has 4 aromatic rings. The second-order valence-electron chi connectivity index (χ2n) is 11.1. The number of fused-ring (bicyclic) bond motifs is 1. The number of nitro groups is 1. The Morgan fingerprint density at radius 2 is 1.49 bits per heavy atom. The lowest BCUT2D eigenvalue weighted by molar-refractivity contribution is -0.389. The standard InChI is InChI=1S/C32H31F3N4O6/c33-32(34,35)45-28-11-9-27(10-12-28)43-26-5-1-22(2-6-26)19-23-13-16-37(17-14-23)24-3-7-25(8-4-24)42-21-29-15-18-38-20-30(39(40)41)36-31(38)44-29/h1-12,20,23,29H,13-19,21H2. The summed E-state index contributed by atoms with van der Waals surface area (Å²) in [5.41, 5.74) is 2.35. The van der Waals surface area contributed by atoms with Crippen molar-refractivity contribution in [2.24, 2.45) is 5.92 Å². The number of rotatable bonds is 10. The van der Waals surface area contributed by atoms with Crippen LogP contribution < -0.4 is 23.8 Å². The molecule has 10 nitrogen and oxygen atoms in total. The molecule has 2 aliphatic rings. The Balaban J connectivity index is 0.925. The third kappa shape index (κ3) is 7.97. The topological polar surface area (TPSA) is 101 Å². The first-order chi connectivity index (χ1) is 21.7. The summed E-state index contributed by atoms with van der Waals surface area (Å²) < 4.78 is 60.1. The van der Waals surface area contributed by atoms with Crippen LogP contribution in [-0.2, 0) is 13.0 Å². The van der Waals surface area contributed by atoms with Crippen LogP contribution in [0.5, 0.6) is 29.0 Å². The monoisotopic (exact) mass is 624 g/mol. The molecule has 3 heterocycles. The molecule has 0 saturated carbocycles. The van der Waals surface area contributed by atoms with Crippen LogP contribution in [0.2, 0.25) is 0 Å². The molecule has 0 spiro atoms. The minimum absolute atomic E-state index is 0.221. The highest BCUT2D eigenvalue weighted by Gasteiger charge is 2.31. The summed E-state index contributed by atoms with van der Waals surface area (Å²) in [5, 5.41) is 11.0. The summed E-state index contributed by atoms with van der Waals surface area (Å²) in [5.74, 6) is 1.81. The third-order valence-electron chi connectivity index (χ3n) is 7.87. The predicted molar refractivity (Wildman–Crippen MR) is 158 cm³/mol. The van der Waals surface area contributed by atoms with Gasteiger partial charge >= 0.3 is 18.2 Å². The molecule has 236 valence electrons. The van der Waals surface area contributed by atoms with Crippen molar-refractivity contribution in [2.75, 3.05) is 24.6 Å². The Morgan fingerprint density at radius 3 is 2.13 bits per heavy atom. The van der Waals surface area contributed by atoms with E-state index in [9.17, 15) is 23.3 Å². The Hall–Kier alpha value is -4.94. The molecule has 2 aliphatic heterocycles. The van der Waals surface area contributed by atoms with Gasteiger partial charge in [0.2, 0.25) is 0 Å². The number of hydrogen-bond donors (Lipinski definition) is 0. The molecule has 0 radical (unpaired) electrons. The van der Waals surface area contributed by atoms with Crippen LogP contribution in [-0.4, -0.2) is 46.6 Å². The van der Waals surface area contributed by atoms with Gasteiger partial charge < -0.3 is 34.0 Å². The van der Waals surface area contributed by atoms with E-state index in [1.807, 2.05) is 36.4 Å². The smallest absolute Gasteiger partial charge is 0.490 e. The number of alkyl halides is 3. The van der Waals surface area contributed by atoms with Crippen LogP contribution in [0, 0.1) is 16.0 Å². The SMILES string of the molecule is O=[N+]([O-])c1cn2c(n1)OC(COc1ccc(N3CCC(Cc4ccc(Oc5ccc(OC(F)(F)F)cc5)cc4)CC3)cc1)CC2. The normalized spacial score (nSPS) is 16.9. The molecule has 0 N–H and O–H groups in total. The maximum atomic E-state index is 12.3. The molecule has 6 rings (SSSR count). The zero-order valence-corrected chi connectivity index (χ0v) is 24.2. The molecule has 1 saturated heterocycles. The van der Waals surface area contributed by atoms with Crippen molar-refractivity contribution in [1.29, 1.82) is 0 Å². The number of aryl methyl sites for hydroxylation is 1. The molecule has 3 aromatic carbocycles. The van der Waals surface area contributed by atoms with Gasteiger partial charge in [0.15, 0.2) is 0 Å². The van der Waals surface area contributed by atoms with E-state index in [1.54, 1.807) is 4.57 Å². The first kappa shape index (κ1) is 30.1. The molecule has 1 fully saturated rings. The highest BCUT2D eigenvalue weighted by molar-refractivity contribution is 5.49. The predicted octanol–water partition coefficient (Wildman–Crippen LogP) is 7.17. The van der Waals surface area contributed by atoms with E-state index in [1.165, 1.54) is 36.0 Å². The number of benzene rings is 3. The van der Waals surface area contributed by atoms with Gasteiger partial charge in [-0.1, -0.05) is 12.1 Å². The largest absolute Gasteiger partial charge is 0.573 e. The van der Waals surface area contributed by atoms with Gasteiger partial charge in [-0.15, -0.1) is 13.2 Å². The fourth-order valence-electron chi connectivity index (χ4n) is 5.55. The second-order valence-corrected chi connectivity index (χ2v) is 11.1. The number of aromatic nitrogens is 2. The highest BCUT2D eigenvalue weighted by atomic mass is 19.4. The van der Waals surface area contributed by atoms with Crippen LogP contribution in [0.25, 0.3) is 0 Å². The maximum Gasteiger partial charge on any atom is 0.573 e. The lowest BCUT2D eigenvalue weighted by atomic mass is 9.90. The molecule has 1 aromatic heterocycles. The van der Waals surface area contributed by atoms with Crippen molar-refractivity contribution < 1.29 is 37.0 Å². The van der Waals surface area contributed by atoms with Crippen molar-refractivity contribution in [3.8, 4) is 29.0 Å². The fourth-order valence-corrected chi connectivity index (χ4v) is 5.55. The fraction of sp³-hybridized carbons (Fsp3) is 0.344. The van der Waals surface area contributed by atoms with Crippen LogP contribution in [0.1, 0.15) is 24.8 Å². The number of ether oxygens (including phenoxy) is 4. The number of nitrogens with zero attached hydrogens (tertiary/aromatic N) is 4. The summed E-state index contributed by atoms with van der Waals surface area (Å²) in [6.07, 6.45) is 0.190. The first-order valence-electron chi connectivity index (χ1n) is 14.7. The van der Waals surface area contributed by atoms with Gasteiger partial charge in [0, 0.05) is 36.7 Å². The van der Waals surface area contributed by atoms with Crippen molar-refractivity contribution >= 4 is 11.5 Å². The minimum Gasteiger partial charge on any atom is -0.490 e. The van der Waals surface area contributed by atoms with Gasteiger partial charge in [-0.05, 0) is 96.3 Å². The zero-order valence-electron chi connectivity index (χ0n) is 24.2. The quantitative estimate of drug-likeness (QED) is 0.135. The lowest BCUT2D eigenvalue weighted by Crippen LogP contribution is -2.34. The summed E-state index contributed by atoms with van der Waals surface area (Å²) in [6.45, 7) is 2.82. The Kier molecular flexibility index (Phi) is 8.67. The molecule has 0 aliphatic carbocycles. The summed E-state index contributed by atoms with van der Waals surface area (Å²) in [7, 11) is 0. The highest BCUT2D eigenvalue weighted by Crippen LogP contribution is 2.30. The molecular formula is C32H31F3N4O6. The molecule has 0 bridgehead atoms. The lowest BCUT2D eigenvalue weighted by Gasteiger charge is -2.34.